The summed E-state index contributed by atoms with van der Waals surface area (Å²) in [4.78, 5) is 5.98. The van der Waals surface area contributed by atoms with Gasteiger partial charge in [0.1, 0.15) is 11.5 Å². The third-order valence-electron chi connectivity index (χ3n) is 2.89. The molecule has 0 aliphatic heterocycles. The van der Waals surface area contributed by atoms with Crippen molar-refractivity contribution in [3.63, 3.8) is 0 Å². The van der Waals surface area contributed by atoms with E-state index in [4.69, 9.17) is 10.9 Å². The van der Waals surface area contributed by atoms with Crippen LogP contribution >= 0.6 is 0 Å². The summed E-state index contributed by atoms with van der Waals surface area (Å²) in [6, 6.07) is 9.86. The molecule has 20 heavy (non-hydrogen) atoms. The van der Waals surface area contributed by atoms with Crippen LogP contribution in [-0.2, 0) is 6.54 Å². The number of hydrogen-bond donors (Lipinski definition) is 2. The second-order valence-electron chi connectivity index (χ2n) is 4.37. The zero-order valence-corrected chi connectivity index (χ0v) is 11.0. The van der Waals surface area contributed by atoms with Crippen molar-refractivity contribution in [1.29, 1.82) is 0 Å². The Hall–Kier alpha value is -2.63. The number of nitrogens with two attached hydrogens (primary N) is 1. The van der Waals surface area contributed by atoms with Crippen molar-refractivity contribution in [2.75, 3.05) is 11.9 Å². The van der Waals surface area contributed by atoms with Crippen molar-refractivity contribution in [3.05, 3.63) is 59.7 Å². The first-order chi connectivity index (χ1) is 9.60. The van der Waals surface area contributed by atoms with E-state index >= 15 is 0 Å². The SMILES string of the molecule is CN(Cc1ccc(F)cc1)c1ccnc(C(N)=NO)c1. The van der Waals surface area contributed by atoms with E-state index in [9.17, 15) is 4.39 Å². The molecule has 0 saturated heterocycles. The summed E-state index contributed by atoms with van der Waals surface area (Å²) in [5.41, 5.74) is 7.76. The standard InChI is InChI=1S/C14H15FN4O/c1-19(9-10-2-4-11(15)5-3-10)12-6-7-17-13(8-12)14(16)18-20/h2-8,20H,9H2,1H3,(H2,16,18). The van der Waals surface area contributed by atoms with Gasteiger partial charge in [0, 0.05) is 25.5 Å². The number of oxime groups is 1. The first-order valence-electron chi connectivity index (χ1n) is 5.99. The van der Waals surface area contributed by atoms with E-state index in [1.54, 1.807) is 24.4 Å². The quantitative estimate of drug-likeness (QED) is 0.387. The molecule has 3 N–H and O–H groups in total. The van der Waals surface area contributed by atoms with Crippen LogP contribution in [0.3, 0.4) is 0 Å². The van der Waals surface area contributed by atoms with Crippen molar-refractivity contribution in [2.45, 2.75) is 6.54 Å². The highest BCUT2D eigenvalue weighted by molar-refractivity contribution is 5.95. The highest BCUT2D eigenvalue weighted by Crippen LogP contribution is 2.16. The number of hydrogen-bond acceptors (Lipinski definition) is 4. The van der Waals surface area contributed by atoms with Gasteiger partial charge in [0.25, 0.3) is 0 Å². The number of amidine groups is 1. The van der Waals surface area contributed by atoms with Gasteiger partial charge in [-0.15, -0.1) is 0 Å². The van der Waals surface area contributed by atoms with E-state index in [0.717, 1.165) is 11.3 Å². The van der Waals surface area contributed by atoms with E-state index in [2.05, 4.69) is 10.1 Å². The molecule has 5 nitrogen and oxygen atoms in total. The lowest BCUT2D eigenvalue weighted by Crippen LogP contribution is -2.19. The van der Waals surface area contributed by atoms with Crippen molar-refractivity contribution in [1.82, 2.24) is 4.98 Å². The summed E-state index contributed by atoms with van der Waals surface area (Å²) in [7, 11) is 1.90. The summed E-state index contributed by atoms with van der Waals surface area (Å²) in [6.07, 6.45) is 1.59. The molecule has 1 aromatic heterocycles. The van der Waals surface area contributed by atoms with Crippen molar-refractivity contribution in [3.8, 4) is 0 Å². The number of aromatic nitrogens is 1. The molecule has 0 aliphatic rings. The van der Waals surface area contributed by atoms with Crippen LogP contribution in [0.2, 0.25) is 0 Å². The lowest BCUT2D eigenvalue weighted by atomic mass is 10.2. The van der Waals surface area contributed by atoms with Gasteiger partial charge in [-0.1, -0.05) is 17.3 Å². The maximum atomic E-state index is 12.9. The predicted octanol–water partition coefficient (Wildman–Crippen LogP) is 1.95. The molecular formula is C14H15FN4O. The van der Waals surface area contributed by atoms with Gasteiger partial charge in [0.2, 0.25) is 0 Å². The fraction of sp³-hybridized carbons (Fsp3) is 0.143. The maximum Gasteiger partial charge on any atom is 0.188 e. The Morgan fingerprint density at radius 3 is 2.70 bits per heavy atom. The van der Waals surface area contributed by atoms with Gasteiger partial charge in [-0.3, -0.25) is 4.98 Å². The minimum Gasteiger partial charge on any atom is -0.409 e. The van der Waals surface area contributed by atoms with E-state index in [-0.39, 0.29) is 11.7 Å². The summed E-state index contributed by atoms with van der Waals surface area (Å²) >= 11 is 0. The van der Waals surface area contributed by atoms with Gasteiger partial charge >= 0.3 is 0 Å². The van der Waals surface area contributed by atoms with Gasteiger partial charge in [0.05, 0.1) is 0 Å². The number of anilines is 1. The van der Waals surface area contributed by atoms with Crippen LogP contribution in [0.4, 0.5) is 10.1 Å². The molecule has 0 saturated carbocycles. The molecule has 0 atom stereocenters. The zero-order chi connectivity index (χ0) is 14.5. The fourth-order valence-corrected chi connectivity index (χ4v) is 1.80. The molecule has 1 heterocycles. The molecule has 0 spiro atoms. The van der Waals surface area contributed by atoms with Gasteiger partial charge in [-0.2, -0.15) is 0 Å². The second kappa shape index (κ2) is 6.01. The average molecular weight is 274 g/mol. The highest BCUT2D eigenvalue weighted by atomic mass is 19.1. The van der Waals surface area contributed by atoms with Crippen molar-refractivity contribution in [2.24, 2.45) is 10.9 Å². The Bertz CT molecular complexity index is 613. The van der Waals surface area contributed by atoms with E-state index in [0.29, 0.717) is 12.2 Å². The molecule has 0 amide bonds. The summed E-state index contributed by atoms with van der Waals surface area (Å²) in [6.45, 7) is 0.611. The zero-order valence-electron chi connectivity index (χ0n) is 11.0. The molecule has 0 radical (unpaired) electrons. The van der Waals surface area contributed by atoms with Crippen LogP contribution in [0.25, 0.3) is 0 Å². The Morgan fingerprint density at radius 1 is 1.35 bits per heavy atom. The smallest absolute Gasteiger partial charge is 0.188 e. The maximum absolute atomic E-state index is 12.9. The number of nitrogens with zero attached hydrogens (tertiary/aromatic N) is 3. The van der Waals surface area contributed by atoms with Crippen LogP contribution in [0.1, 0.15) is 11.3 Å². The van der Waals surface area contributed by atoms with Crippen LogP contribution in [0.5, 0.6) is 0 Å². The second-order valence-corrected chi connectivity index (χ2v) is 4.37. The van der Waals surface area contributed by atoms with Gasteiger partial charge in [-0.05, 0) is 29.8 Å². The molecule has 104 valence electrons. The third kappa shape index (κ3) is 3.23. The van der Waals surface area contributed by atoms with Crippen LogP contribution in [0, 0.1) is 5.82 Å². The molecular weight excluding hydrogens is 259 g/mol. The summed E-state index contributed by atoms with van der Waals surface area (Å²) in [5.74, 6) is -0.295. The third-order valence-corrected chi connectivity index (χ3v) is 2.89. The Balaban J connectivity index is 2.16. The fourth-order valence-electron chi connectivity index (χ4n) is 1.80. The first kappa shape index (κ1) is 13.8. The Kier molecular flexibility index (Phi) is 4.14. The number of benzene rings is 1. The minimum atomic E-state index is -0.255. The van der Waals surface area contributed by atoms with E-state index in [1.165, 1.54) is 12.1 Å². The van der Waals surface area contributed by atoms with Crippen LogP contribution in [-0.4, -0.2) is 23.1 Å². The largest absolute Gasteiger partial charge is 0.409 e. The number of rotatable bonds is 4. The lowest BCUT2D eigenvalue weighted by Gasteiger charge is -2.19. The molecule has 6 heteroatoms. The molecule has 2 rings (SSSR count). The first-order valence-corrected chi connectivity index (χ1v) is 5.99. The molecule has 2 aromatic rings. The van der Waals surface area contributed by atoms with Crippen LogP contribution < -0.4 is 10.6 Å². The van der Waals surface area contributed by atoms with Gasteiger partial charge in [0.15, 0.2) is 5.84 Å². The van der Waals surface area contributed by atoms with E-state index < -0.39 is 0 Å². The molecule has 0 bridgehead atoms. The van der Waals surface area contributed by atoms with Crippen LogP contribution in [0.15, 0.2) is 47.8 Å². The normalized spacial score (nSPS) is 11.4. The minimum absolute atomic E-state index is 0.0398. The Morgan fingerprint density at radius 2 is 2.05 bits per heavy atom. The monoisotopic (exact) mass is 274 g/mol. The molecule has 1 aromatic carbocycles. The Labute approximate surface area is 116 Å². The predicted molar refractivity (Wildman–Crippen MR) is 75.3 cm³/mol. The van der Waals surface area contributed by atoms with Crippen molar-refractivity contribution >= 4 is 11.5 Å². The van der Waals surface area contributed by atoms with Crippen molar-refractivity contribution < 1.29 is 9.60 Å². The molecule has 0 fully saturated rings. The van der Waals surface area contributed by atoms with Gasteiger partial charge in [-0.25, -0.2) is 4.39 Å². The highest BCUT2D eigenvalue weighted by Gasteiger charge is 2.06. The molecule has 0 unspecified atom stereocenters. The average Bonchev–Trinajstić information content (AvgIpc) is 2.49. The number of pyridine rings is 1. The van der Waals surface area contributed by atoms with Gasteiger partial charge < -0.3 is 15.8 Å². The van der Waals surface area contributed by atoms with E-state index in [1.807, 2.05) is 18.0 Å². The molecule has 0 aliphatic carbocycles. The number of halogens is 1. The lowest BCUT2D eigenvalue weighted by molar-refractivity contribution is 0.318. The summed E-state index contributed by atoms with van der Waals surface area (Å²) < 4.78 is 12.9. The summed E-state index contributed by atoms with van der Waals surface area (Å²) in [5, 5.41) is 11.6. The topological polar surface area (TPSA) is 74.7 Å².